The van der Waals surface area contributed by atoms with Crippen molar-refractivity contribution >= 4 is 39.2 Å². The number of imidazole rings is 1. The summed E-state index contributed by atoms with van der Waals surface area (Å²) in [7, 11) is 0. The number of rotatable bonds is 6. The second kappa shape index (κ2) is 6.73. The van der Waals surface area contributed by atoms with E-state index in [1.54, 1.807) is 23.7 Å². The molecule has 0 saturated carbocycles. The Kier molecular flexibility index (Phi) is 4.52. The van der Waals surface area contributed by atoms with Gasteiger partial charge in [0.2, 0.25) is 5.91 Å². The van der Waals surface area contributed by atoms with Crippen molar-refractivity contribution in [3.05, 3.63) is 42.5 Å². The van der Waals surface area contributed by atoms with E-state index in [0.29, 0.717) is 18.7 Å². The van der Waals surface area contributed by atoms with E-state index < -0.39 is 0 Å². The van der Waals surface area contributed by atoms with Crippen molar-refractivity contribution in [1.29, 1.82) is 0 Å². The van der Waals surface area contributed by atoms with Crippen LogP contribution in [0.1, 0.15) is 5.82 Å². The van der Waals surface area contributed by atoms with E-state index >= 15 is 0 Å². The first-order valence-corrected chi connectivity index (χ1v) is 8.35. The van der Waals surface area contributed by atoms with Crippen molar-refractivity contribution in [3.8, 4) is 0 Å². The fourth-order valence-corrected chi connectivity index (χ4v) is 3.74. The second-order valence-corrected chi connectivity index (χ2v) is 6.63. The molecule has 21 heavy (non-hydrogen) atoms. The van der Waals surface area contributed by atoms with Gasteiger partial charge in [0.1, 0.15) is 5.82 Å². The highest BCUT2D eigenvalue weighted by Gasteiger charge is 2.07. The number of H-pyrrole nitrogens is 1. The Bertz CT molecular complexity index is 690. The first-order chi connectivity index (χ1) is 10.3. The highest BCUT2D eigenvalue weighted by molar-refractivity contribution is 8.01. The quantitative estimate of drug-likeness (QED) is 0.685. The molecule has 2 aromatic heterocycles. The molecule has 108 valence electrons. The van der Waals surface area contributed by atoms with Gasteiger partial charge in [0.15, 0.2) is 4.34 Å². The molecular formula is C14H14N4OS2. The molecule has 5 nitrogen and oxygen atoms in total. The molecular weight excluding hydrogens is 304 g/mol. The molecule has 0 bridgehead atoms. The number of nitrogens with zero attached hydrogens (tertiary/aromatic N) is 2. The molecule has 1 aromatic carbocycles. The van der Waals surface area contributed by atoms with Crippen LogP contribution in [0.3, 0.4) is 0 Å². The van der Waals surface area contributed by atoms with Crippen LogP contribution in [0, 0.1) is 0 Å². The number of nitrogens with one attached hydrogen (secondary N) is 2. The van der Waals surface area contributed by atoms with Gasteiger partial charge in [-0.05, 0) is 12.1 Å². The number of thiazole rings is 1. The maximum absolute atomic E-state index is 11.8. The minimum atomic E-state index is 0.0193. The third kappa shape index (κ3) is 3.83. The Morgan fingerprint density at radius 1 is 1.38 bits per heavy atom. The van der Waals surface area contributed by atoms with Crippen LogP contribution >= 0.6 is 23.1 Å². The van der Waals surface area contributed by atoms with Crippen LogP contribution in [0.15, 0.2) is 41.0 Å². The summed E-state index contributed by atoms with van der Waals surface area (Å²) in [4.78, 5) is 23.4. The Hall–Kier alpha value is -1.86. The van der Waals surface area contributed by atoms with Gasteiger partial charge in [-0.15, -0.1) is 11.3 Å². The van der Waals surface area contributed by atoms with E-state index in [0.717, 1.165) is 20.4 Å². The topological polar surface area (TPSA) is 70.7 Å². The average Bonchev–Trinajstić information content (AvgIpc) is 3.13. The van der Waals surface area contributed by atoms with Crippen LogP contribution in [0.5, 0.6) is 0 Å². The average molecular weight is 318 g/mol. The highest BCUT2D eigenvalue weighted by atomic mass is 32.2. The molecule has 0 fully saturated rings. The van der Waals surface area contributed by atoms with E-state index in [1.165, 1.54) is 11.8 Å². The predicted molar refractivity (Wildman–Crippen MR) is 85.6 cm³/mol. The molecule has 0 aliphatic heterocycles. The number of thioether (sulfide) groups is 1. The summed E-state index contributed by atoms with van der Waals surface area (Å²) in [6.07, 6.45) is 4.20. The van der Waals surface area contributed by atoms with Crippen molar-refractivity contribution in [2.45, 2.75) is 10.8 Å². The Morgan fingerprint density at radius 2 is 2.29 bits per heavy atom. The number of para-hydroxylation sites is 1. The summed E-state index contributed by atoms with van der Waals surface area (Å²) in [5.41, 5.74) is 0.989. The smallest absolute Gasteiger partial charge is 0.230 e. The van der Waals surface area contributed by atoms with Crippen LogP contribution < -0.4 is 5.32 Å². The van der Waals surface area contributed by atoms with Crippen molar-refractivity contribution in [3.63, 3.8) is 0 Å². The van der Waals surface area contributed by atoms with E-state index in [9.17, 15) is 4.79 Å². The number of aromatic nitrogens is 3. The van der Waals surface area contributed by atoms with Gasteiger partial charge >= 0.3 is 0 Å². The largest absolute Gasteiger partial charge is 0.355 e. The molecule has 0 aliphatic carbocycles. The first-order valence-electron chi connectivity index (χ1n) is 6.54. The molecule has 0 aliphatic rings. The minimum Gasteiger partial charge on any atom is -0.355 e. The molecule has 0 radical (unpaired) electrons. The van der Waals surface area contributed by atoms with E-state index in [2.05, 4.69) is 20.3 Å². The highest BCUT2D eigenvalue weighted by Crippen LogP contribution is 2.28. The number of fused-ring (bicyclic) bond motifs is 1. The number of amides is 1. The molecule has 1 amide bonds. The summed E-state index contributed by atoms with van der Waals surface area (Å²) in [5, 5.41) is 2.88. The van der Waals surface area contributed by atoms with Gasteiger partial charge in [-0.1, -0.05) is 23.9 Å². The van der Waals surface area contributed by atoms with E-state index in [1.807, 2.05) is 24.3 Å². The fraction of sp³-hybridized carbons (Fsp3) is 0.214. The van der Waals surface area contributed by atoms with Gasteiger partial charge < -0.3 is 10.3 Å². The van der Waals surface area contributed by atoms with Gasteiger partial charge in [0, 0.05) is 25.4 Å². The lowest BCUT2D eigenvalue weighted by Gasteiger charge is -2.02. The Balaban J connectivity index is 1.44. The maximum Gasteiger partial charge on any atom is 0.230 e. The third-order valence-corrected chi connectivity index (χ3v) is 5.02. The van der Waals surface area contributed by atoms with Gasteiger partial charge in [0.05, 0.1) is 16.0 Å². The first kappa shape index (κ1) is 14.1. The van der Waals surface area contributed by atoms with Crippen molar-refractivity contribution < 1.29 is 4.79 Å². The summed E-state index contributed by atoms with van der Waals surface area (Å²) in [6.45, 7) is 0.590. The van der Waals surface area contributed by atoms with Crippen molar-refractivity contribution in [2.75, 3.05) is 12.3 Å². The molecule has 3 aromatic rings. The van der Waals surface area contributed by atoms with Crippen LogP contribution in [0.4, 0.5) is 0 Å². The molecule has 7 heteroatoms. The van der Waals surface area contributed by atoms with Crippen LogP contribution in [-0.2, 0) is 11.2 Å². The second-order valence-electron chi connectivity index (χ2n) is 4.37. The van der Waals surface area contributed by atoms with Crippen molar-refractivity contribution in [2.24, 2.45) is 0 Å². The number of carbonyl (C=O) groups is 1. The van der Waals surface area contributed by atoms with Crippen molar-refractivity contribution in [1.82, 2.24) is 20.3 Å². The third-order valence-electron chi connectivity index (χ3n) is 2.84. The Morgan fingerprint density at radius 3 is 3.10 bits per heavy atom. The van der Waals surface area contributed by atoms with Gasteiger partial charge in [-0.2, -0.15) is 0 Å². The Labute approximate surface area is 130 Å². The molecule has 0 saturated heterocycles. The van der Waals surface area contributed by atoms with Crippen LogP contribution in [0.25, 0.3) is 10.2 Å². The van der Waals surface area contributed by atoms with Crippen LogP contribution in [-0.4, -0.2) is 33.2 Å². The van der Waals surface area contributed by atoms with Gasteiger partial charge in [0.25, 0.3) is 0 Å². The summed E-state index contributed by atoms with van der Waals surface area (Å²) < 4.78 is 2.08. The lowest BCUT2D eigenvalue weighted by Crippen LogP contribution is -2.27. The molecule has 2 N–H and O–H groups in total. The lowest BCUT2D eigenvalue weighted by atomic mass is 10.3. The zero-order valence-electron chi connectivity index (χ0n) is 11.2. The monoisotopic (exact) mass is 318 g/mol. The van der Waals surface area contributed by atoms with E-state index in [-0.39, 0.29) is 5.91 Å². The number of benzene rings is 1. The minimum absolute atomic E-state index is 0.0193. The van der Waals surface area contributed by atoms with E-state index in [4.69, 9.17) is 0 Å². The van der Waals surface area contributed by atoms with Gasteiger partial charge in [-0.25, -0.2) is 9.97 Å². The zero-order valence-corrected chi connectivity index (χ0v) is 12.8. The molecule has 0 unspecified atom stereocenters. The number of carbonyl (C=O) groups excluding carboxylic acids is 1. The number of hydrogen-bond acceptors (Lipinski definition) is 5. The molecule has 3 rings (SSSR count). The molecule has 0 atom stereocenters. The zero-order chi connectivity index (χ0) is 14.5. The summed E-state index contributed by atoms with van der Waals surface area (Å²) in [5.74, 6) is 1.29. The van der Waals surface area contributed by atoms with Gasteiger partial charge in [-0.3, -0.25) is 4.79 Å². The normalized spacial score (nSPS) is 10.9. The summed E-state index contributed by atoms with van der Waals surface area (Å²) >= 11 is 3.09. The number of aromatic amines is 1. The number of hydrogen-bond donors (Lipinski definition) is 2. The molecule has 2 heterocycles. The van der Waals surface area contributed by atoms with Crippen LogP contribution in [0.2, 0.25) is 0 Å². The SMILES string of the molecule is O=C(CSc1nc2ccccc2s1)NCCc1ncc[nH]1. The predicted octanol–water partition coefficient (Wildman–Crippen LogP) is 2.47. The summed E-state index contributed by atoms with van der Waals surface area (Å²) in [6, 6.07) is 7.99. The maximum atomic E-state index is 11.8. The lowest BCUT2D eigenvalue weighted by molar-refractivity contribution is -0.118. The molecule has 0 spiro atoms. The standard InChI is InChI=1S/C14H14N4OS2/c19-13(17-6-5-12-15-7-8-16-12)9-20-14-18-10-3-1-2-4-11(10)21-14/h1-4,7-8H,5-6,9H2,(H,15,16)(H,17,19). The fourth-order valence-electron chi connectivity index (χ4n) is 1.85.